The molecule has 61 heavy (non-hydrogen) atoms. The minimum atomic E-state index is -1.20. The number of nitrogens with zero attached hydrogens (tertiary/aromatic N) is 10. The summed E-state index contributed by atoms with van der Waals surface area (Å²) in [5.41, 5.74) is 6.37. The van der Waals surface area contributed by atoms with Gasteiger partial charge in [-0.2, -0.15) is 20.3 Å². The van der Waals surface area contributed by atoms with E-state index in [1.807, 2.05) is 41.2 Å². The van der Waals surface area contributed by atoms with Gasteiger partial charge in [-0.05, 0) is 82.4 Å². The molecule has 3 fully saturated rings. The van der Waals surface area contributed by atoms with Crippen LogP contribution >= 0.6 is 0 Å². The molecule has 8 rings (SSSR count). The number of amides is 1. The Morgan fingerprint density at radius 3 is 2.56 bits per heavy atom. The van der Waals surface area contributed by atoms with E-state index < -0.39 is 14.2 Å². The van der Waals surface area contributed by atoms with E-state index in [2.05, 4.69) is 71.4 Å². The molecule has 4 aliphatic rings. The van der Waals surface area contributed by atoms with Gasteiger partial charge in [-0.3, -0.25) is 4.90 Å². The second-order valence-electron chi connectivity index (χ2n) is 18.7. The summed E-state index contributed by atoms with van der Waals surface area (Å²) in [6, 6.07) is 18.4. The second kappa shape index (κ2) is 19.1. The van der Waals surface area contributed by atoms with Crippen LogP contribution in [-0.4, -0.2) is 133 Å². The molecule has 15 heteroatoms. The highest BCUT2D eigenvalue weighted by atomic mass is 28.3. The van der Waals surface area contributed by atoms with Crippen LogP contribution in [0.15, 0.2) is 48.7 Å². The number of aromatic nitrogens is 4. The molecule has 0 aliphatic carbocycles. The number of rotatable bonds is 15. The van der Waals surface area contributed by atoms with Crippen LogP contribution in [0.3, 0.4) is 0 Å². The third kappa shape index (κ3) is 10.1. The Labute approximate surface area is 362 Å². The number of piperazine rings is 1. The van der Waals surface area contributed by atoms with Crippen LogP contribution in [0.4, 0.5) is 16.3 Å². The molecular weight excluding hydrogens is 785 g/mol. The van der Waals surface area contributed by atoms with Crippen LogP contribution in [0, 0.1) is 18.3 Å². The number of likely N-dealkylation sites (N-methyl/N-ethyl adjacent to an activating group) is 1. The lowest BCUT2D eigenvalue weighted by Gasteiger charge is -2.42. The first-order valence-corrected chi connectivity index (χ1v) is 26.1. The first-order chi connectivity index (χ1) is 29.5. The maximum atomic E-state index is 13.5. The van der Waals surface area contributed by atoms with Crippen LogP contribution < -0.4 is 14.5 Å². The molecule has 2 aromatic heterocycles. The van der Waals surface area contributed by atoms with Crippen molar-refractivity contribution in [1.82, 2.24) is 34.4 Å². The molecule has 0 radical (unpaired) electrons. The van der Waals surface area contributed by atoms with E-state index in [4.69, 9.17) is 29.3 Å². The lowest BCUT2D eigenvalue weighted by Crippen LogP contribution is -2.55. The Kier molecular flexibility index (Phi) is 13.4. The van der Waals surface area contributed by atoms with Crippen molar-refractivity contribution in [2.24, 2.45) is 0 Å². The van der Waals surface area contributed by atoms with Crippen molar-refractivity contribution in [1.29, 1.82) is 5.26 Å². The number of aryl methyl sites for hydroxylation is 1. The lowest BCUT2D eigenvalue weighted by atomic mass is 10.0. The molecule has 0 saturated carbocycles. The number of nitriles is 1. The highest BCUT2D eigenvalue weighted by Crippen LogP contribution is 2.37. The minimum absolute atomic E-state index is 0.187. The zero-order valence-electron chi connectivity index (χ0n) is 36.9. The van der Waals surface area contributed by atoms with Crippen molar-refractivity contribution in [3.63, 3.8) is 0 Å². The van der Waals surface area contributed by atoms with Crippen LogP contribution in [0.5, 0.6) is 6.01 Å². The molecule has 4 aromatic rings. The smallest absolute Gasteiger partial charge is 0.410 e. The van der Waals surface area contributed by atoms with Gasteiger partial charge in [0.05, 0.1) is 48.2 Å². The fraction of sp³-hybridized carbons (Fsp3) is 0.587. The number of benzene rings is 2. The summed E-state index contributed by atoms with van der Waals surface area (Å²) in [4.78, 5) is 35.3. The molecule has 6 heterocycles. The van der Waals surface area contributed by atoms with Crippen molar-refractivity contribution >= 4 is 36.6 Å². The number of hydrogen-bond donors (Lipinski definition) is 0. The van der Waals surface area contributed by atoms with Crippen molar-refractivity contribution in [3.05, 3.63) is 71.0 Å². The summed E-state index contributed by atoms with van der Waals surface area (Å²) >= 11 is 0. The summed E-state index contributed by atoms with van der Waals surface area (Å²) in [5.74, 6) is 0.842. The number of hydrogen-bond acceptors (Lipinski definition) is 12. The van der Waals surface area contributed by atoms with E-state index in [0.717, 1.165) is 84.4 Å². The van der Waals surface area contributed by atoms with Gasteiger partial charge in [-0.15, -0.1) is 0 Å². The summed E-state index contributed by atoms with van der Waals surface area (Å²) in [6.07, 6.45) is 7.29. The van der Waals surface area contributed by atoms with Gasteiger partial charge in [0, 0.05) is 70.4 Å². The molecule has 14 nitrogen and oxygen atoms in total. The number of fused-ring (bicyclic) bond motifs is 2. The fourth-order valence-electron chi connectivity index (χ4n) is 9.55. The van der Waals surface area contributed by atoms with E-state index in [1.54, 1.807) is 4.90 Å². The predicted molar refractivity (Wildman–Crippen MR) is 241 cm³/mol. The number of carbonyl (C=O) groups is 1. The number of likely N-dealkylation sites (tertiary alicyclic amines) is 2. The number of anilines is 2. The Morgan fingerprint density at radius 2 is 1.77 bits per heavy atom. The first-order valence-electron chi connectivity index (χ1n) is 22.4. The van der Waals surface area contributed by atoms with Crippen molar-refractivity contribution in [2.75, 3.05) is 75.9 Å². The average Bonchev–Trinajstić information content (AvgIpc) is 4.00. The molecule has 4 aliphatic heterocycles. The molecule has 2 aromatic carbocycles. The molecule has 3 saturated heterocycles. The molecule has 1 amide bonds. The Bertz CT molecular complexity index is 2170. The molecule has 0 unspecified atom stereocenters. The molecule has 0 spiro atoms. The van der Waals surface area contributed by atoms with Gasteiger partial charge in [0.15, 0.2) is 0 Å². The predicted octanol–water partition coefficient (Wildman–Crippen LogP) is 6.69. The Hall–Kier alpha value is -4.75. The Balaban J connectivity index is 1.04. The number of ether oxygens (including phenoxy) is 3. The van der Waals surface area contributed by atoms with Gasteiger partial charge in [-0.1, -0.05) is 56.0 Å². The van der Waals surface area contributed by atoms with Crippen LogP contribution in [0.1, 0.15) is 54.5 Å². The standard InChI is InChI=1S/C46H64N10O4Si/c1-34-15-16-42-40(27-48-56(42)33-58-25-26-61(3,4)5)43(34)53-22-18-39-41(30-53)49-45(59-32-38-14-10-21-52(38)28-36-13-9-20-51(36)2)50-44(39)54-23-24-55(37(29-54)17-19-47)46(57)60-31-35-11-7-6-8-12-35/h6-8,11-12,15-16,27,36-38H,9-10,13-14,17-18,20-26,28-33H2,1-5H3/t36-,37-,38-/m0/s1. The second-order valence-corrected chi connectivity index (χ2v) is 24.3. The zero-order valence-corrected chi connectivity index (χ0v) is 37.9. The highest BCUT2D eigenvalue weighted by molar-refractivity contribution is 6.76. The SMILES string of the molecule is Cc1ccc2c(cnn2COCC[Si](C)(C)C)c1N1CCc2c(nc(OC[C@@H]3CCCN3C[C@@H]3CCCN3C)nc2N2CCN(C(=O)OCc3ccccc3)[C@@H](CC#N)C2)C1. The van der Waals surface area contributed by atoms with E-state index in [1.165, 1.54) is 31.4 Å². The van der Waals surface area contributed by atoms with E-state index in [9.17, 15) is 10.1 Å². The molecule has 326 valence electrons. The molecule has 0 bridgehead atoms. The average molecular weight is 849 g/mol. The van der Waals surface area contributed by atoms with E-state index in [-0.39, 0.29) is 19.1 Å². The highest BCUT2D eigenvalue weighted by Gasteiger charge is 2.36. The largest absolute Gasteiger partial charge is 0.462 e. The first kappa shape index (κ1) is 42.9. The summed E-state index contributed by atoms with van der Waals surface area (Å²) in [6.45, 7) is 17.3. The van der Waals surface area contributed by atoms with Crippen molar-refractivity contribution < 1.29 is 19.0 Å². The van der Waals surface area contributed by atoms with Gasteiger partial charge < -0.3 is 33.8 Å². The van der Waals surface area contributed by atoms with Crippen LogP contribution in [-0.2, 0) is 35.8 Å². The van der Waals surface area contributed by atoms with E-state index >= 15 is 0 Å². The molecule has 0 N–H and O–H groups in total. The maximum Gasteiger partial charge on any atom is 0.410 e. The third-order valence-corrected chi connectivity index (χ3v) is 14.8. The van der Waals surface area contributed by atoms with Crippen molar-refractivity contribution in [2.45, 2.75) is 109 Å². The van der Waals surface area contributed by atoms with Gasteiger partial charge in [0.2, 0.25) is 0 Å². The zero-order chi connectivity index (χ0) is 42.5. The van der Waals surface area contributed by atoms with Crippen molar-refractivity contribution in [3.8, 4) is 12.1 Å². The minimum Gasteiger partial charge on any atom is -0.462 e. The summed E-state index contributed by atoms with van der Waals surface area (Å²) < 4.78 is 20.5. The number of carbonyl (C=O) groups excluding carboxylic acids is 1. The van der Waals surface area contributed by atoms with Gasteiger partial charge in [0.25, 0.3) is 0 Å². The van der Waals surface area contributed by atoms with Crippen LogP contribution in [0.2, 0.25) is 25.7 Å². The summed E-state index contributed by atoms with van der Waals surface area (Å²) in [7, 11) is 1.05. The van der Waals surface area contributed by atoms with Gasteiger partial charge in [0.1, 0.15) is 25.8 Å². The Morgan fingerprint density at radius 1 is 0.951 bits per heavy atom. The van der Waals surface area contributed by atoms with Crippen LogP contribution in [0.25, 0.3) is 10.9 Å². The quantitative estimate of drug-likeness (QED) is 0.0935. The normalized spacial score (nSPS) is 21.2. The topological polar surface area (TPSA) is 128 Å². The molecule has 3 atom stereocenters. The molecular formula is C46H64N10O4Si. The van der Waals surface area contributed by atoms with Gasteiger partial charge in [-0.25, -0.2) is 9.48 Å². The lowest BCUT2D eigenvalue weighted by molar-refractivity contribution is 0.0767. The fourth-order valence-corrected chi connectivity index (χ4v) is 10.3. The maximum absolute atomic E-state index is 13.5. The monoisotopic (exact) mass is 848 g/mol. The third-order valence-electron chi connectivity index (χ3n) is 13.1. The van der Waals surface area contributed by atoms with E-state index in [0.29, 0.717) is 57.6 Å². The summed E-state index contributed by atoms with van der Waals surface area (Å²) in [5, 5.41) is 15.8. The van der Waals surface area contributed by atoms with Gasteiger partial charge >= 0.3 is 12.1 Å².